The predicted molar refractivity (Wildman–Crippen MR) is 93.6 cm³/mol. The van der Waals surface area contributed by atoms with Crippen LogP contribution in [0.4, 0.5) is 18.9 Å². The van der Waals surface area contributed by atoms with E-state index in [1.807, 2.05) is 27.7 Å². The number of alkyl halides is 3. The predicted octanol–water partition coefficient (Wildman–Crippen LogP) is 3.26. The molecule has 2 aliphatic heterocycles. The molecule has 0 atom stereocenters. The first-order chi connectivity index (χ1) is 11.6. The van der Waals surface area contributed by atoms with Crippen molar-refractivity contribution in [3.8, 4) is 0 Å². The standard InChI is InChI=1S/C18H23BF3NO3/c1-15(2)11-8-10(19-25-16(3,4)17(5,6)26-19)9-12(18(20,21)22)13(11)23(7)14(15)24/h8-9H,1-7H3. The van der Waals surface area contributed by atoms with Gasteiger partial charge in [-0.15, -0.1) is 0 Å². The van der Waals surface area contributed by atoms with Crippen molar-refractivity contribution in [1.82, 2.24) is 0 Å². The zero-order chi connectivity index (χ0) is 19.9. The molecule has 142 valence electrons. The van der Waals surface area contributed by atoms with Crippen LogP contribution >= 0.6 is 0 Å². The molecule has 0 spiro atoms. The highest BCUT2D eigenvalue weighted by Gasteiger charge is 2.54. The van der Waals surface area contributed by atoms with E-state index in [0.717, 1.165) is 11.0 Å². The van der Waals surface area contributed by atoms with Crippen LogP contribution in [0.15, 0.2) is 12.1 Å². The highest BCUT2D eigenvalue weighted by Crippen LogP contribution is 2.47. The molecule has 1 aromatic rings. The van der Waals surface area contributed by atoms with Gasteiger partial charge < -0.3 is 14.2 Å². The Kier molecular flexibility index (Phi) is 3.89. The molecule has 1 saturated heterocycles. The minimum atomic E-state index is -4.60. The summed E-state index contributed by atoms with van der Waals surface area (Å²) in [5.41, 5.74) is -2.72. The van der Waals surface area contributed by atoms with Gasteiger partial charge >= 0.3 is 13.3 Å². The molecule has 8 heteroatoms. The molecule has 0 unspecified atom stereocenters. The first-order valence-electron chi connectivity index (χ1n) is 8.49. The van der Waals surface area contributed by atoms with Gasteiger partial charge in [-0.3, -0.25) is 4.79 Å². The molecular weight excluding hydrogens is 346 g/mol. The lowest BCUT2D eigenvalue weighted by atomic mass is 9.74. The van der Waals surface area contributed by atoms with E-state index >= 15 is 0 Å². The number of halogens is 3. The van der Waals surface area contributed by atoms with Crippen molar-refractivity contribution in [2.24, 2.45) is 0 Å². The van der Waals surface area contributed by atoms with Gasteiger partial charge in [0.15, 0.2) is 0 Å². The first kappa shape index (κ1) is 19.2. The van der Waals surface area contributed by atoms with Crippen LogP contribution in [0.3, 0.4) is 0 Å². The summed E-state index contributed by atoms with van der Waals surface area (Å²) in [5, 5.41) is 0. The Hall–Kier alpha value is -1.54. The van der Waals surface area contributed by atoms with Gasteiger partial charge in [-0.2, -0.15) is 13.2 Å². The van der Waals surface area contributed by atoms with Crippen molar-refractivity contribution in [3.05, 3.63) is 23.3 Å². The van der Waals surface area contributed by atoms with Crippen LogP contribution in [-0.2, 0) is 25.7 Å². The first-order valence-corrected chi connectivity index (χ1v) is 8.49. The smallest absolute Gasteiger partial charge is 0.399 e. The fraction of sp³-hybridized carbons (Fsp3) is 0.611. The minimum Gasteiger partial charge on any atom is -0.399 e. The summed E-state index contributed by atoms with van der Waals surface area (Å²) in [6.45, 7) is 10.6. The van der Waals surface area contributed by atoms with Crippen LogP contribution < -0.4 is 10.4 Å². The number of fused-ring (bicyclic) bond motifs is 1. The number of nitrogens with zero attached hydrogens (tertiary/aromatic N) is 1. The van der Waals surface area contributed by atoms with E-state index in [4.69, 9.17) is 9.31 Å². The second-order valence-corrected chi connectivity index (χ2v) is 8.54. The Morgan fingerprint density at radius 3 is 1.96 bits per heavy atom. The topological polar surface area (TPSA) is 38.8 Å². The quantitative estimate of drug-likeness (QED) is 0.714. The van der Waals surface area contributed by atoms with E-state index in [-0.39, 0.29) is 17.1 Å². The zero-order valence-corrected chi connectivity index (χ0v) is 16.0. The summed E-state index contributed by atoms with van der Waals surface area (Å²) in [7, 11) is 0.447. The van der Waals surface area contributed by atoms with Crippen molar-refractivity contribution in [2.45, 2.75) is 64.3 Å². The lowest BCUT2D eigenvalue weighted by Crippen LogP contribution is -2.41. The second kappa shape index (κ2) is 5.26. The Bertz CT molecular complexity index is 771. The van der Waals surface area contributed by atoms with E-state index in [1.165, 1.54) is 7.05 Å². The van der Waals surface area contributed by atoms with Crippen LogP contribution in [0.25, 0.3) is 0 Å². The van der Waals surface area contributed by atoms with Crippen molar-refractivity contribution < 1.29 is 27.3 Å². The number of carbonyl (C=O) groups is 1. The van der Waals surface area contributed by atoms with Crippen molar-refractivity contribution >= 4 is 24.2 Å². The van der Waals surface area contributed by atoms with E-state index < -0.39 is 35.5 Å². The molecule has 0 N–H and O–H groups in total. The fourth-order valence-corrected chi connectivity index (χ4v) is 3.46. The van der Waals surface area contributed by atoms with Gasteiger partial charge in [0.05, 0.1) is 27.9 Å². The average molecular weight is 369 g/mol. The number of hydrogen-bond donors (Lipinski definition) is 0. The van der Waals surface area contributed by atoms with Crippen LogP contribution in [0.1, 0.15) is 52.7 Å². The molecule has 4 nitrogen and oxygen atoms in total. The Labute approximate surface area is 151 Å². The molecule has 1 fully saturated rings. The van der Waals surface area contributed by atoms with Crippen LogP contribution in [0.5, 0.6) is 0 Å². The third-order valence-corrected chi connectivity index (χ3v) is 5.81. The van der Waals surface area contributed by atoms with E-state index in [9.17, 15) is 18.0 Å². The maximum Gasteiger partial charge on any atom is 0.494 e. The van der Waals surface area contributed by atoms with Crippen LogP contribution in [0.2, 0.25) is 0 Å². The van der Waals surface area contributed by atoms with Gasteiger partial charge in [-0.05, 0) is 58.6 Å². The van der Waals surface area contributed by atoms with Crippen LogP contribution in [-0.4, -0.2) is 31.3 Å². The highest BCUT2D eigenvalue weighted by atomic mass is 19.4. The molecule has 0 bridgehead atoms. The number of benzene rings is 1. The van der Waals surface area contributed by atoms with E-state index in [0.29, 0.717) is 5.56 Å². The highest BCUT2D eigenvalue weighted by molar-refractivity contribution is 6.62. The normalized spacial score (nSPS) is 23.5. The average Bonchev–Trinajstić information content (AvgIpc) is 2.80. The maximum atomic E-state index is 13.7. The Balaban J connectivity index is 2.20. The van der Waals surface area contributed by atoms with Crippen LogP contribution in [0, 0.1) is 0 Å². The number of rotatable bonds is 1. The molecule has 0 aromatic heterocycles. The number of amides is 1. The van der Waals surface area contributed by atoms with Gasteiger partial charge in [-0.25, -0.2) is 0 Å². The van der Waals surface area contributed by atoms with Gasteiger partial charge in [-0.1, -0.05) is 6.07 Å². The monoisotopic (exact) mass is 369 g/mol. The minimum absolute atomic E-state index is 0.0900. The van der Waals surface area contributed by atoms with Gasteiger partial charge in [0, 0.05) is 7.05 Å². The third kappa shape index (κ3) is 2.57. The summed E-state index contributed by atoms with van der Waals surface area (Å²) < 4.78 is 53.1. The van der Waals surface area contributed by atoms with Crippen molar-refractivity contribution in [3.63, 3.8) is 0 Å². The molecule has 3 rings (SSSR count). The second-order valence-electron chi connectivity index (χ2n) is 8.54. The lowest BCUT2D eigenvalue weighted by Gasteiger charge is -2.32. The number of hydrogen-bond acceptors (Lipinski definition) is 3. The van der Waals surface area contributed by atoms with Gasteiger partial charge in [0.2, 0.25) is 5.91 Å². The fourth-order valence-electron chi connectivity index (χ4n) is 3.46. The number of likely N-dealkylation sites (N-methyl/N-ethyl adjacent to an activating group) is 1. The molecule has 0 saturated carbocycles. The van der Waals surface area contributed by atoms with Crippen molar-refractivity contribution in [1.29, 1.82) is 0 Å². The molecule has 2 aliphatic rings. The summed E-state index contributed by atoms with van der Waals surface area (Å²) in [6, 6.07) is 2.64. The maximum absolute atomic E-state index is 13.7. The van der Waals surface area contributed by atoms with E-state index in [1.54, 1.807) is 19.9 Å². The summed E-state index contributed by atoms with van der Waals surface area (Å²) in [6.07, 6.45) is -4.60. The van der Waals surface area contributed by atoms with Gasteiger partial charge in [0.1, 0.15) is 0 Å². The molecule has 0 radical (unpaired) electrons. The largest absolute Gasteiger partial charge is 0.494 e. The summed E-state index contributed by atoms with van der Waals surface area (Å²) >= 11 is 0. The SMILES string of the molecule is CN1C(=O)C(C)(C)c2cc(B3OC(C)(C)C(C)(C)O3)cc(C(F)(F)F)c21. The van der Waals surface area contributed by atoms with E-state index in [2.05, 4.69) is 0 Å². The van der Waals surface area contributed by atoms with Gasteiger partial charge in [0.25, 0.3) is 0 Å². The molecule has 1 aromatic carbocycles. The third-order valence-electron chi connectivity index (χ3n) is 5.81. The summed E-state index contributed by atoms with van der Waals surface area (Å²) in [5.74, 6) is -0.371. The Morgan fingerprint density at radius 2 is 1.50 bits per heavy atom. The Morgan fingerprint density at radius 1 is 1.00 bits per heavy atom. The van der Waals surface area contributed by atoms with Crippen molar-refractivity contribution in [2.75, 3.05) is 11.9 Å². The number of anilines is 1. The summed E-state index contributed by atoms with van der Waals surface area (Å²) in [4.78, 5) is 13.6. The number of carbonyl (C=O) groups excluding carboxylic acids is 1. The molecule has 2 heterocycles. The zero-order valence-electron chi connectivity index (χ0n) is 16.0. The molecule has 26 heavy (non-hydrogen) atoms. The lowest BCUT2D eigenvalue weighted by molar-refractivity contribution is -0.137. The molecular formula is C18H23BF3NO3. The molecule has 0 aliphatic carbocycles. The molecule has 1 amide bonds.